The summed E-state index contributed by atoms with van der Waals surface area (Å²) >= 11 is 0. The molecule has 2 aromatic rings. The highest BCUT2D eigenvalue weighted by Gasteiger charge is 2.09. The van der Waals surface area contributed by atoms with Crippen molar-refractivity contribution in [1.29, 1.82) is 0 Å². The Bertz CT molecular complexity index is 488. The van der Waals surface area contributed by atoms with Gasteiger partial charge >= 0.3 is 0 Å². The predicted molar refractivity (Wildman–Crippen MR) is 54.0 cm³/mol. The van der Waals surface area contributed by atoms with Crippen LogP contribution in [0.3, 0.4) is 0 Å². The van der Waals surface area contributed by atoms with Crippen molar-refractivity contribution in [2.45, 2.75) is 0 Å². The molecule has 0 aliphatic carbocycles. The zero-order chi connectivity index (χ0) is 10.8. The number of carbonyl (C=O) groups excluding carboxylic acids is 1. The van der Waals surface area contributed by atoms with Gasteiger partial charge in [-0.1, -0.05) is 0 Å². The summed E-state index contributed by atoms with van der Waals surface area (Å²) in [4.78, 5) is 14.9. The highest BCUT2D eigenvalue weighted by atomic mass is 19.1. The van der Waals surface area contributed by atoms with Crippen LogP contribution in [0.25, 0.3) is 11.3 Å². The molecule has 0 unspecified atom stereocenters. The van der Waals surface area contributed by atoms with E-state index in [4.69, 9.17) is 0 Å². The number of benzene rings is 1. The molecular formula is C11H9FN2O. The molecule has 76 valence electrons. The summed E-state index contributed by atoms with van der Waals surface area (Å²) in [7, 11) is 1.74. The van der Waals surface area contributed by atoms with Crippen molar-refractivity contribution in [1.82, 2.24) is 9.55 Å². The maximum atomic E-state index is 12.7. The Labute approximate surface area is 86.2 Å². The van der Waals surface area contributed by atoms with E-state index >= 15 is 0 Å². The molecule has 3 nitrogen and oxygen atoms in total. The fraction of sp³-hybridized carbons (Fsp3) is 0.0909. The van der Waals surface area contributed by atoms with E-state index in [2.05, 4.69) is 4.98 Å². The highest BCUT2D eigenvalue weighted by Crippen LogP contribution is 2.20. The molecule has 0 N–H and O–H groups in total. The molecule has 4 heteroatoms. The van der Waals surface area contributed by atoms with Crippen LogP contribution in [0.4, 0.5) is 4.39 Å². The Hall–Kier alpha value is -1.97. The molecule has 0 bridgehead atoms. The van der Waals surface area contributed by atoms with E-state index < -0.39 is 0 Å². The second-order valence-electron chi connectivity index (χ2n) is 3.21. The summed E-state index contributed by atoms with van der Waals surface area (Å²) < 4.78 is 14.3. The molecule has 0 atom stereocenters. The molecule has 1 heterocycles. The number of imidazole rings is 1. The summed E-state index contributed by atoms with van der Waals surface area (Å²) in [6.07, 6.45) is 2.30. The molecule has 1 aromatic carbocycles. The van der Waals surface area contributed by atoms with E-state index in [0.717, 1.165) is 11.8 Å². The summed E-state index contributed by atoms with van der Waals surface area (Å²) in [5, 5.41) is 0. The second-order valence-corrected chi connectivity index (χ2v) is 3.21. The zero-order valence-electron chi connectivity index (χ0n) is 8.14. The van der Waals surface area contributed by atoms with E-state index in [-0.39, 0.29) is 5.82 Å². The topological polar surface area (TPSA) is 34.9 Å². The Morgan fingerprint density at radius 3 is 2.60 bits per heavy atom. The van der Waals surface area contributed by atoms with Crippen LogP contribution in [0, 0.1) is 5.82 Å². The third-order valence-electron chi connectivity index (χ3n) is 2.21. The molecule has 0 amide bonds. The van der Waals surface area contributed by atoms with Crippen LogP contribution in [-0.2, 0) is 7.05 Å². The maximum Gasteiger partial charge on any atom is 0.168 e. The lowest BCUT2D eigenvalue weighted by Crippen LogP contribution is -1.94. The van der Waals surface area contributed by atoms with Crippen LogP contribution in [0.5, 0.6) is 0 Å². The summed E-state index contributed by atoms with van der Waals surface area (Å²) in [5.74, 6) is -0.303. The van der Waals surface area contributed by atoms with Gasteiger partial charge in [-0.05, 0) is 24.3 Å². The van der Waals surface area contributed by atoms with Crippen molar-refractivity contribution in [2.24, 2.45) is 7.05 Å². The Morgan fingerprint density at radius 2 is 2.00 bits per heavy atom. The fourth-order valence-electron chi connectivity index (χ4n) is 1.41. The smallest absolute Gasteiger partial charge is 0.168 e. The van der Waals surface area contributed by atoms with Crippen molar-refractivity contribution < 1.29 is 9.18 Å². The number of hydrogen-bond acceptors (Lipinski definition) is 2. The van der Waals surface area contributed by atoms with Gasteiger partial charge in [0, 0.05) is 12.6 Å². The number of carbonyl (C=O) groups is 1. The first-order chi connectivity index (χ1) is 7.22. The fourth-order valence-corrected chi connectivity index (χ4v) is 1.41. The lowest BCUT2D eigenvalue weighted by Gasteiger charge is -1.99. The number of aldehydes is 1. The molecule has 0 radical (unpaired) electrons. The molecule has 0 saturated carbocycles. The van der Waals surface area contributed by atoms with E-state index in [1.165, 1.54) is 12.1 Å². The standard InChI is InChI=1S/C11H9FN2O/c1-14-7-13-11(10(14)6-15)8-2-4-9(12)5-3-8/h2-7H,1H3. The number of aromatic nitrogens is 2. The van der Waals surface area contributed by atoms with Crippen molar-refractivity contribution in [3.8, 4) is 11.3 Å². The molecule has 0 saturated heterocycles. The van der Waals surface area contributed by atoms with Gasteiger partial charge in [0.05, 0.1) is 12.0 Å². The van der Waals surface area contributed by atoms with Crippen LogP contribution in [0.1, 0.15) is 10.5 Å². The minimum Gasteiger partial charge on any atom is -0.331 e. The minimum atomic E-state index is -0.303. The molecule has 1 aromatic heterocycles. The van der Waals surface area contributed by atoms with Gasteiger partial charge < -0.3 is 4.57 Å². The highest BCUT2D eigenvalue weighted by molar-refractivity contribution is 5.83. The van der Waals surface area contributed by atoms with E-state index in [9.17, 15) is 9.18 Å². The number of hydrogen-bond donors (Lipinski definition) is 0. The van der Waals surface area contributed by atoms with Gasteiger partial charge in [0.25, 0.3) is 0 Å². The molecule has 0 aliphatic heterocycles. The van der Waals surface area contributed by atoms with Gasteiger partial charge in [0.2, 0.25) is 0 Å². The zero-order valence-corrected chi connectivity index (χ0v) is 8.14. The van der Waals surface area contributed by atoms with Gasteiger partial charge in [-0.25, -0.2) is 9.37 Å². The Kier molecular flexibility index (Phi) is 2.33. The Morgan fingerprint density at radius 1 is 1.33 bits per heavy atom. The summed E-state index contributed by atoms with van der Waals surface area (Å²) in [5.41, 5.74) is 1.80. The molecule has 15 heavy (non-hydrogen) atoms. The average Bonchev–Trinajstić information content (AvgIpc) is 2.61. The minimum absolute atomic E-state index is 0.303. The third kappa shape index (κ3) is 1.66. The summed E-state index contributed by atoms with van der Waals surface area (Å²) in [6, 6.07) is 5.90. The monoisotopic (exact) mass is 204 g/mol. The molecular weight excluding hydrogens is 195 g/mol. The number of aryl methyl sites for hydroxylation is 1. The SMILES string of the molecule is Cn1cnc(-c2ccc(F)cc2)c1C=O. The molecule has 0 aliphatic rings. The van der Waals surface area contributed by atoms with Crippen LogP contribution < -0.4 is 0 Å². The molecule has 2 rings (SSSR count). The van der Waals surface area contributed by atoms with Crippen LogP contribution in [0.2, 0.25) is 0 Å². The predicted octanol–water partition coefficient (Wildman–Crippen LogP) is 2.04. The van der Waals surface area contributed by atoms with Gasteiger partial charge in [0.15, 0.2) is 6.29 Å². The quantitative estimate of drug-likeness (QED) is 0.701. The number of nitrogens with zero attached hydrogens (tertiary/aromatic N) is 2. The Balaban J connectivity index is 2.53. The summed E-state index contributed by atoms with van der Waals surface area (Å²) in [6.45, 7) is 0. The van der Waals surface area contributed by atoms with E-state index in [0.29, 0.717) is 11.4 Å². The van der Waals surface area contributed by atoms with Crippen LogP contribution in [-0.4, -0.2) is 15.8 Å². The van der Waals surface area contributed by atoms with Crippen LogP contribution in [0.15, 0.2) is 30.6 Å². The molecule has 0 spiro atoms. The largest absolute Gasteiger partial charge is 0.331 e. The van der Waals surface area contributed by atoms with Gasteiger partial charge in [-0.15, -0.1) is 0 Å². The van der Waals surface area contributed by atoms with Crippen molar-refractivity contribution in [3.05, 3.63) is 42.1 Å². The average molecular weight is 204 g/mol. The van der Waals surface area contributed by atoms with Crippen molar-refractivity contribution in [2.75, 3.05) is 0 Å². The third-order valence-corrected chi connectivity index (χ3v) is 2.21. The maximum absolute atomic E-state index is 12.7. The first-order valence-electron chi connectivity index (χ1n) is 4.45. The van der Waals surface area contributed by atoms with Gasteiger partial charge in [-0.2, -0.15) is 0 Å². The lowest BCUT2D eigenvalue weighted by atomic mass is 10.1. The van der Waals surface area contributed by atoms with Crippen LogP contribution >= 0.6 is 0 Å². The second kappa shape index (κ2) is 3.65. The van der Waals surface area contributed by atoms with Gasteiger partial charge in [-0.3, -0.25) is 4.79 Å². The molecule has 0 fully saturated rings. The number of halogens is 1. The van der Waals surface area contributed by atoms with Crippen molar-refractivity contribution >= 4 is 6.29 Å². The van der Waals surface area contributed by atoms with E-state index in [1.54, 1.807) is 30.1 Å². The number of rotatable bonds is 2. The lowest BCUT2D eigenvalue weighted by molar-refractivity contribution is 0.111. The normalized spacial score (nSPS) is 10.3. The van der Waals surface area contributed by atoms with Gasteiger partial charge in [0.1, 0.15) is 11.5 Å². The van der Waals surface area contributed by atoms with Crippen molar-refractivity contribution in [3.63, 3.8) is 0 Å². The first kappa shape index (κ1) is 9.58. The first-order valence-corrected chi connectivity index (χ1v) is 4.45. The van der Waals surface area contributed by atoms with E-state index in [1.807, 2.05) is 0 Å².